The first-order chi connectivity index (χ1) is 18.9. The van der Waals surface area contributed by atoms with Gasteiger partial charge in [-0.1, -0.05) is 36.8 Å². The molecule has 39 heavy (non-hydrogen) atoms. The molecule has 2 aliphatic rings. The number of quaternary nitrogens is 1. The van der Waals surface area contributed by atoms with Gasteiger partial charge in [-0.05, 0) is 37.1 Å². The highest BCUT2D eigenvalue weighted by atomic mass is 32.1. The van der Waals surface area contributed by atoms with Gasteiger partial charge in [0.05, 0.1) is 68.8 Å². The van der Waals surface area contributed by atoms with Gasteiger partial charge in [0, 0.05) is 12.1 Å². The van der Waals surface area contributed by atoms with Crippen molar-refractivity contribution in [2.24, 2.45) is 4.99 Å². The van der Waals surface area contributed by atoms with E-state index >= 15 is 0 Å². The minimum atomic E-state index is -0.681. The van der Waals surface area contributed by atoms with E-state index in [9.17, 15) is 9.59 Å². The van der Waals surface area contributed by atoms with Gasteiger partial charge in [0.1, 0.15) is 11.5 Å². The summed E-state index contributed by atoms with van der Waals surface area (Å²) in [6.45, 7) is 8.01. The molecule has 0 bridgehead atoms. The van der Waals surface area contributed by atoms with Gasteiger partial charge in [-0.15, -0.1) is 0 Å². The summed E-state index contributed by atoms with van der Waals surface area (Å²) in [4.78, 5) is 36.3. The number of furan rings is 1. The Morgan fingerprint density at radius 1 is 1.23 bits per heavy atom. The molecule has 10 heteroatoms. The van der Waals surface area contributed by atoms with Crippen molar-refractivity contribution in [3.8, 4) is 5.75 Å². The van der Waals surface area contributed by atoms with E-state index in [1.165, 1.54) is 16.2 Å². The normalized spacial score (nSPS) is 18.2. The average Bonchev–Trinajstić information content (AvgIpc) is 3.53. The molecule has 2 aromatic heterocycles. The van der Waals surface area contributed by atoms with Crippen molar-refractivity contribution in [2.75, 3.05) is 51.8 Å². The zero-order valence-electron chi connectivity index (χ0n) is 22.9. The summed E-state index contributed by atoms with van der Waals surface area (Å²) in [6.07, 6.45) is 3.16. The first kappa shape index (κ1) is 27.0. The number of carbonyl (C=O) groups excluding carboxylic acids is 1. The highest BCUT2D eigenvalue weighted by Gasteiger charge is 2.34. The molecule has 0 amide bonds. The minimum absolute atomic E-state index is 0.229. The number of hydrogen-bond donors (Lipinski definition) is 1. The summed E-state index contributed by atoms with van der Waals surface area (Å²) >= 11 is 1.30. The number of piperazine rings is 1. The molecule has 1 fully saturated rings. The standard InChI is InChI=1S/C29H34N4O5S/c1-5-8-22-25(28(35)37-6-2)26(19-9-7-10-20(17-19)36-4)33-27(34)23(39-29(33)30-22)18-21-11-12-24(38-21)32-15-13-31(3)14-16-32/h7,9-12,17-18,26H,5-6,8,13-16H2,1-4H3/p+1/b23-18+/t26-/m0/s1. The van der Waals surface area contributed by atoms with Crippen molar-refractivity contribution >= 4 is 29.3 Å². The highest BCUT2D eigenvalue weighted by molar-refractivity contribution is 7.07. The molecular formula is C29H35N4O5S+. The lowest BCUT2D eigenvalue weighted by atomic mass is 9.94. The lowest BCUT2D eigenvalue weighted by Crippen LogP contribution is -3.12. The molecule has 5 rings (SSSR count). The number of methoxy groups -OCH3 is 1. The van der Waals surface area contributed by atoms with Crippen molar-refractivity contribution in [3.05, 3.63) is 78.7 Å². The number of likely N-dealkylation sites (N-methyl/N-ethyl adjacent to an activating group) is 1. The van der Waals surface area contributed by atoms with Crippen LogP contribution in [0.25, 0.3) is 6.08 Å². The first-order valence-electron chi connectivity index (χ1n) is 13.5. The Kier molecular flexibility index (Phi) is 8.04. The zero-order chi connectivity index (χ0) is 27.5. The number of esters is 1. The summed E-state index contributed by atoms with van der Waals surface area (Å²) in [5.41, 5.74) is 1.56. The highest BCUT2D eigenvalue weighted by Crippen LogP contribution is 2.34. The molecule has 1 saturated heterocycles. The second-order valence-electron chi connectivity index (χ2n) is 9.81. The molecule has 0 aliphatic carbocycles. The van der Waals surface area contributed by atoms with Gasteiger partial charge in [0.25, 0.3) is 5.56 Å². The summed E-state index contributed by atoms with van der Waals surface area (Å²) in [5.74, 6) is 1.60. The number of aromatic nitrogens is 1. The molecule has 1 aromatic carbocycles. The van der Waals surface area contributed by atoms with Crippen LogP contribution in [-0.4, -0.2) is 57.5 Å². The summed E-state index contributed by atoms with van der Waals surface area (Å²) in [6, 6.07) is 10.6. The van der Waals surface area contributed by atoms with Crippen molar-refractivity contribution in [1.29, 1.82) is 0 Å². The number of fused-ring (bicyclic) bond motifs is 1. The number of nitrogens with one attached hydrogen (secondary N) is 1. The van der Waals surface area contributed by atoms with Crippen LogP contribution in [0.1, 0.15) is 44.1 Å². The van der Waals surface area contributed by atoms with E-state index in [1.807, 2.05) is 43.3 Å². The molecule has 2 aliphatic heterocycles. The predicted octanol–water partition coefficient (Wildman–Crippen LogP) is 1.51. The van der Waals surface area contributed by atoms with Crippen LogP contribution < -0.4 is 29.4 Å². The second kappa shape index (κ2) is 11.6. The van der Waals surface area contributed by atoms with Gasteiger partial charge in [0.2, 0.25) is 0 Å². The third-order valence-electron chi connectivity index (χ3n) is 7.12. The predicted molar refractivity (Wildman–Crippen MR) is 150 cm³/mol. The van der Waals surface area contributed by atoms with E-state index in [0.717, 1.165) is 44.0 Å². The Hall–Kier alpha value is -3.63. The number of hydrogen-bond acceptors (Lipinski definition) is 8. The van der Waals surface area contributed by atoms with Gasteiger partial charge in [0.15, 0.2) is 10.7 Å². The number of ether oxygens (including phenoxy) is 2. The van der Waals surface area contributed by atoms with E-state index in [-0.39, 0.29) is 12.2 Å². The maximum atomic E-state index is 13.9. The van der Waals surface area contributed by atoms with Crippen LogP contribution in [0.5, 0.6) is 5.75 Å². The molecule has 206 valence electrons. The summed E-state index contributed by atoms with van der Waals surface area (Å²) in [5, 5.41) is 0. The van der Waals surface area contributed by atoms with Crippen LogP contribution >= 0.6 is 11.3 Å². The third-order valence-corrected chi connectivity index (χ3v) is 8.10. The molecule has 1 N–H and O–H groups in total. The Morgan fingerprint density at radius 3 is 2.74 bits per heavy atom. The van der Waals surface area contributed by atoms with Crippen LogP contribution in [0.3, 0.4) is 0 Å². The SMILES string of the molecule is CCCC1=C(C(=O)OCC)[C@H](c2cccc(OC)c2)n2c(s/c(=C/c3ccc(N4CC[NH+](C)CC4)o3)c2=O)=N1. The number of anilines is 1. The second-order valence-corrected chi connectivity index (χ2v) is 10.8. The van der Waals surface area contributed by atoms with Gasteiger partial charge >= 0.3 is 5.97 Å². The van der Waals surface area contributed by atoms with Crippen molar-refractivity contribution < 1.29 is 23.6 Å². The molecular weight excluding hydrogens is 516 g/mol. The lowest BCUT2D eigenvalue weighted by molar-refractivity contribution is -0.880. The maximum Gasteiger partial charge on any atom is 0.338 e. The lowest BCUT2D eigenvalue weighted by Gasteiger charge is -2.29. The Balaban J connectivity index is 1.63. The largest absolute Gasteiger partial charge is 0.497 e. The monoisotopic (exact) mass is 551 g/mol. The minimum Gasteiger partial charge on any atom is -0.497 e. The van der Waals surface area contributed by atoms with E-state index in [1.54, 1.807) is 24.7 Å². The molecule has 0 unspecified atom stereocenters. The number of benzene rings is 1. The first-order valence-corrected chi connectivity index (χ1v) is 14.3. The number of allylic oxidation sites excluding steroid dienone is 1. The Bertz CT molecular complexity index is 1560. The van der Waals surface area contributed by atoms with E-state index in [2.05, 4.69) is 11.9 Å². The van der Waals surface area contributed by atoms with Gasteiger partial charge in [-0.3, -0.25) is 9.36 Å². The van der Waals surface area contributed by atoms with Crippen LogP contribution in [0.4, 0.5) is 5.88 Å². The van der Waals surface area contributed by atoms with Gasteiger partial charge in [-0.2, -0.15) is 0 Å². The molecule has 9 nitrogen and oxygen atoms in total. The fourth-order valence-corrected chi connectivity index (χ4v) is 6.08. The molecule has 3 aromatic rings. The quantitative estimate of drug-likeness (QED) is 0.427. The van der Waals surface area contributed by atoms with E-state index in [4.69, 9.17) is 18.9 Å². The van der Waals surface area contributed by atoms with Crippen molar-refractivity contribution in [2.45, 2.75) is 32.7 Å². The van der Waals surface area contributed by atoms with Crippen LogP contribution in [0, 0.1) is 0 Å². The van der Waals surface area contributed by atoms with Crippen LogP contribution in [0.2, 0.25) is 0 Å². The van der Waals surface area contributed by atoms with Gasteiger partial charge in [-0.25, -0.2) is 9.79 Å². The van der Waals surface area contributed by atoms with E-state index < -0.39 is 12.0 Å². The third kappa shape index (κ3) is 5.44. The average molecular weight is 552 g/mol. The smallest absolute Gasteiger partial charge is 0.338 e. The Morgan fingerprint density at radius 2 is 2.03 bits per heavy atom. The van der Waals surface area contributed by atoms with Crippen molar-refractivity contribution in [1.82, 2.24) is 4.57 Å². The summed E-state index contributed by atoms with van der Waals surface area (Å²) in [7, 11) is 3.79. The van der Waals surface area contributed by atoms with Crippen LogP contribution in [0.15, 0.2) is 61.9 Å². The zero-order valence-corrected chi connectivity index (χ0v) is 23.7. The topological polar surface area (TPSA) is 90.7 Å². The number of nitrogens with zero attached hydrogens (tertiary/aromatic N) is 3. The van der Waals surface area contributed by atoms with Crippen LogP contribution in [-0.2, 0) is 9.53 Å². The molecule has 4 heterocycles. The number of rotatable bonds is 8. The van der Waals surface area contributed by atoms with Gasteiger partial charge < -0.3 is 23.7 Å². The van der Waals surface area contributed by atoms with Crippen molar-refractivity contribution in [3.63, 3.8) is 0 Å². The molecule has 0 saturated carbocycles. The molecule has 1 atom stereocenters. The fourth-order valence-electron chi connectivity index (χ4n) is 5.08. The molecule has 0 radical (unpaired) electrons. The van der Waals surface area contributed by atoms with E-state index in [0.29, 0.717) is 38.5 Å². The maximum absolute atomic E-state index is 13.9. The Labute approximate surface area is 231 Å². The fraction of sp³-hybridized carbons (Fsp3) is 0.414. The summed E-state index contributed by atoms with van der Waals surface area (Å²) < 4.78 is 19.1. The number of thiazole rings is 1. The number of carbonyl (C=O) groups is 1. The molecule has 0 spiro atoms.